The smallest absolute Gasteiger partial charge is 0.430 e. The summed E-state index contributed by atoms with van der Waals surface area (Å²) in [4.78, 5) is 19.5. The minimum atomic E-state index is -5.19. The first-order valence-electron chi connectivity index (χ1n) is 7.75. The Balaban J connectivity index is 0.000000480. The van der Waals surface area contributed by atoms with Crippen molar-refractivity contribution in [2.75, 3.05) is 14.2 Å². The van der Waals surface area contributed by atoms with Gasteiger partial charge in [-0.1, -0.05) is 0 Å². The molecule has 7 nitrogen and oxygen atoms in total. The Bertz CT molecular complexity index is 801. The monoisotopic (exact) mass is 401 g/mol. The van der Waals surface area contributed by atoms with Gasteiger partial charge in [-0.2, -0.15) is 13.2 Å². The van der Waals surface area contributed by atoms with Gasteiger partial charge < -0.3 is 24.5 Å². The van der Waals surface area contributed by atoms with E-state index in [-0.39, 0.29) is 6.42 Å². The van der Waals surface area contributed by atoms with E-state index in [0.29, 0.717) is 6.54 Å². The number of carboxylic acids is 2. The minimum absolute atomic E-state index is 0.0161. The molecule has 0 aliphatic carbocycles. The van der Waals surface area contributed by atoms with Crippen LogP contribution in [0.5, 0.6) is 11.5 Å². The minimum Gasteiger partial charge on any atom is -0.542 e. The molecule has 28 heavy (non-hydrogen) atoms. The van der Waals surface area contributed by atoms with Crippen LogP contribution in [0.3, 0.4) is 0 Å². The zero-order chi connectivity index (χ0) is 21.3. The fourth-order valence-corrected chi connectivity index (χ4v) is 2.12. The maximum atomic E-state index is 10.8. The molecular formula is C18H18F3NO6. The van der Waals surface area contributed by atoms with E-state index >= 15 is 0 Å². The quantitative estimate of drug-likeness (QED) is 0.724. The highest BCUT2D eigenvalue weighted by Gasteiger charge is 2.28. The van der Waals surface area contributed by atoms with E-state index < -0.39 is 18.1 Å². The number of halogens is 3. The first kappa shape index (κ1) is 22.7. The van der Waals surface area contributed by atoms with Gasteiger partial charge in [-0.3, -0.25) is 4.79 Å². The molecule has 0 saturated heterocycles. The number of methoxy groups -OCH3 is 2. The zero-order valence-electron chi connectivity index (χ0n) is 15.0. The molecule has 0 aliphatic heterocycles. The van der Waals surface area contributed by atoms with E-state index in [1.54, 1.807) is 20.3 Å². The lowest BCUT2D eigenvalue weighted by atomic mass is 10.1. The number of carboxylic acid groups (broad SMARTS) is 2. The molecule has 1 N–H and O–H groups in total. The number of carbonyl (C=O) groups excluding carboxylic acids is 1. The van der Waals surface area contributed by atoms with Crippen LogP contribution >= 0.6 is 0 Å². The predicted octanol–water partition coefficient (Wildman–Crippen LogP) is 0.965. The number of nitrogens with zero attached hydrogens (tertiary/aromatic N) is 1. The summed E-state index contributed by atoms with van der Waals surface area (Å²) in [5, 5.41) is 17.6. The van der Waals surface area contributed by atoms with Crippen molar-refractivity contribution in [1.29, 1.82) is 0 Å². The van der Waals surface area contributed by atoms with Gasteiger partial charge in [0.1, 0.15) is 17.5 Å². The van der Waals surface area contributed by atoms with Crippen LogP contribution in [-0.4, -0.2) is 37.4 Å². The third kappa shape index (κ3) is 7.94. The molecule has 1 aromatic carbocycles. The second-order valence-corrected chi connectivity index (χ2v) is 5.46. The first-order valence-corrected chi connectivity index (χ1v) is 7.75. The molecule has 0 radical (unpaired) electrons. The molecule has 1 aromatic heterocycles. The number of hydrogen-bond donors (Lipinski definition) is 1. The second kappa shape index (κ2) is 10.1. The summed E-state index contributed by atoms with van der Waals surface area (Å²) >= 11 is 0. The van der Waals surface area contributed by atoms with Gasteiger partial charge in [-0.25, -0.2) is 4.57 Å². The summed E-state index contributed by atoms with van der Waals surface area (Å²) in [5.74, 6) is -2.39. The van der Waals surface area contributed by atoms with Gasteiger partial charge in [-0.15, -0.1) is 0 Å². The maximum absolute atomic E-state index is 10.8. The van der Waals surface area contributed by atoms with Crippen molar-refractivity contribution >= 4 is 11.9 Å². The lowest BCUT2D eigenvalue weighted by Crippen LogP contribution is -2.37. The van der Waals surface area contributed by atoms with Crippen molar-refractivity contribution in [2.45, 2.75) is 19.1 Å². The number of carbonyl (C=O) groups is 2. The molecule has 10 heteroatoms. The van der Waals surface area contributed by atoms with Gasteiger partial charge in [-0.05, 0) is 18.2 Å². The number of pyridine rings is 1. The number of benzene rings is 1. The standard InChI is InChI=1S/C16H17NO4.C2HF3O2/c1-20-14-6-13(7-15(9-14)21-2)11-17-5-3-4-12(10-17)8-16(18)19;3-2(4,5)1(6)7/h3-7,9-10H,8,11H2,1-2H3;(H,6,7). The number of alkyl halides is 3. The van der Waals surface area contributed by atoms with Crippen molar-refractivity contribution < 1.29 is 47.0 Å². The Morgan fingerprint density at radius 3 is 2.07 bits per heavy atom. The SMILES string of the molecule is COc1cc(C[n+]2cccc(CC(=O)O)c2)cc(OC)c1.O=C([O-])C(F)(F)F. The van der Waals surface area contributed by atoms with E-state index in [9.17, 15) is 18.0 Å². The van der Waals surface area contributed by atoms with E-state index in [2.05, 4.69) is 0 Å². The summed E-state index contributed by atoms with van der Waals surface area (Å²) in [5.41, 5.74) is 1.78. The molecule has 1 heterocycles. The molecular weight excluding hydrogens is 383 g/mol. The van der Waals surface area contributed by atoms with E-state index in [1.807, 2.05) is 41.2 Å². The summed E-state index contributed by atoms with van der Waals surface area (Å²) < 4.78 is 44.0. The highest BCUT2D eigenvalue weighted by atomic mass is 19.4. The van der Waals surface area contributed by atoms with Crippen LogP contribution in [0, 0.1) is 0 Å². The Hall–Kier alpha value is -3.30. The van der Waals surface area contributed by atoms with Crippen LogP contribution in [0.15, 0.2) is 42.7 Å². The first-order chi connectivity index (χ1) is 13.0. The third-order valence-corrected chi connectivity index (χ3v) is 3.28. The number of rotatable bonds is 6. The fourth-order valence-electron chi connectivity index (χ4n) is 2.12. The van der Waals surface area contributed by atoms with Gasteiger partial charge in [0.15, 0.2) is 18.9 Å². The molecule has 0 aliphatic rings. The highest BCUT2D eigenvalue weighted by Crippen LogP contribution is 2.22. The Morgan fingerprint density at radius 1 is 1.11 bits per heavy atom. The predicted molar refractivity (Wildman–Crippen MR) is 87.7 cm³/mol. The summed E-state index contributed by atoms with van der Waals surface area (Å²) in [6, 6.07) is 9.32. The van der Waals surface area contributed by atoms with Crippen molar-refractivity contribution in [1.82, 2.24) is 0 Å². The molecule has 0 bridgehead atoms. The van der Waals surface area contributed by atoms with Crippen LogP contribution in [0.4, 0.5) is 13.2 Å². The van der Waals surface area contributed by atoms with Crippen LogP contribution in [0.2, 0.25) is 0 Å². The zero-order valence-corrected chi connectivity index (χ0v) is 15.0. The lowest BCUT2D eigenvalue weighted by molar-refractivity contribution is -0.688. The van der Waals surface area contributed by atoms with Crippen LogP contribution in [0.1, 0.15) is 11.1 Å². The van der Waals surface area contributed by atoms with Gasteiger partial charge in [0.05, 0.1) is 20.6 Å². The molecule has 152 valence electrons. The molecule has 2 aromatic rings. The van der Waals surface area contributed by atoms with Crippen molar-refractivity contribution in [3.05, 3.63) is 53.9 Å². The maximum Gasteiger partial charge on any atom is 0.430 e. The average Bonchev–Trinajstić information content (AvgIpc) is 2.60. The van der Waals surface area contributed by atoms with Crippen LogP contribution in [0.25, 0.3) is 0 Å². The summed E-state index contributed by atoms with van der Waals surface area (Å²) in [6.45, 7) is 0.612. The summed E-state index contributed by atoms with van der Waals surface area (Å²) in [6.07, 6.45) is -1.44. The van der Waals surface area contributed by atoms with Crippen LogP contribution < -0.4 is 19.1 Å². The molecule has 2 rings (SSSR count). The highest BCUT2D eigenvalue weighted by molar-refractivity contribution is 5.70. The topological polar surface area (TPSA) is 99.8 Å². The molecule has 0 fully saturated rings. The largest absolute Gasteiger partial charge is 0.542 e. The average molecular weight is 401 g/mol. The Morgan fingerprint density at radius 2 is 1.64 bits per heavy atom. The normalized spacial score (nSPS) is 10.5. The number of aromatic nitrogens is 1. The van der Waals surface area contributed by atoms with Crippen LogP contribution in [-0.2, 0) is 22.6 Å². The van der Waals surface area contributed by atoms with E-state index in [4.69, 9.17) is 24.5 Å². The van der Waals surface area contributed by atoms with E-state index in [0.717, 1.165) is 22.6 Å². The van der Waals surface area contributed by atoms with Crippen molar-refractivity contribution in [3.8, 4) is 11.5 Å². The van der Waals surface area contributed by atoms with Crippen molar-refractivity contribution in [3.63, 3.8) is 0 Å². The Kier molecular flexibility index (Phi) is 8.24. The third-order valence-electron chi connectivity index (χ3n) is 3.28. The van der Waals surface area contributed by atoms with Gasteiger partial charge in [0.2, 0.25) is 0 Å². The molecule has 0 spiro atoms. The molecule has 0 unspecified atom stereocenters. The lowest BCUT2D eigenvalue weighted by Gasteiger charge is -2.07. The molecule has 0 atom stereocenters. The molecule has 0 amide bonds. The van der Waals surface area contributed by atoms with Gasteiger partial charge in [0.25, 0.3) is 0 Å². The number of hydrogen-bond acceptors (Lipinski definition) is 5. The van der Waals surface area contributed by atoms with Crippen molar-refractivity contribution in [2.24, 2.45) is 0 Å². The number of ether oxygens (including phenoxy) is 2. The Labute approximate surface area is 158 Å². The van der Waals surface area contributed by atoms with Gasteiger partial charge >= 0.3 is 12.1 Å². The second-order valence-electron chi connectivity index (χ2n) is 5.46. The van der Waals surface area contributed by atoms with E-state index in [1.165, 1.54) is 0 Å². The fraction of sp³-hybridized carbons (Fsp3) is 0.278. The van der Waals surface area contributed by atoms with Gasteiger partial charge in [0, 0.05) is 23.3 Å². The summed E-state index contributed by atoms with van der Waals surface area (Å²) in [7, 11) is 3.22. The molecule has 0 saturated carbocycles. The number of aliphatic carboxylic acids is 2.